The van der Waals surface area contributed by atoms with E-state index in [1.807, 2.05) is 0 Å². The van der Waals surface area contributed by atoms with E-state index >= 15 is 0 Å². The number of phenols is 1. The first-order chi connectivity index (χ1) is 8.92. The normalized spacial score (nSPS) is 11.5. The van der Waals surface area contributed by atoms with Gasteiger partial charge in [0, 0.05) is 6.42 Å². The van der Waals surface area contributed by atoms with Crippen LogP contribution in [0, 0.1) is 5.41 Å². The number of hydrogen-bond donors (Lipinski definition) is 2. The maximum atomic E-state index is 11.2. The molecule has 0 saturated carbocycles. The standard InChI is InChI=1S/C13H15N3O3/c1-13(2,12(18)19)7-9-8-14-15-16(9)10-5-3-4-6-11(10)17/h3-6,8,17H,7H2,1-2H3,(H,18,19). The zero-order valence-electron chi connectivity index (χ0n) is 10.7. The lowest BCUT2D eigenvalue weighted by Crippen LogP contribution is -2.27. The van der Waals surface area contributed by atoms with Crippen molar-refractivity contribution < 1.29 is 15.0 Å². The summed E-state index contributed by atoms with van der Waals surface area (Å²) in [7, 11) is 0. The van der Waals surface area contributed by atoms with Gasteiger partial charge in [-0.15, -0.1) is 5.10 Å². The third-order valence-corrected chi connectivity index (χ3v) is 2.93. The fraction of sp³-hybridized carbons (Fsp3) is 0.308. The Morgan fingerprint density at radius 3 is 2.68 bits per heavy atom. The number of carboxylic acids is 1. The smallest absolute Gasteiger partial charge is 0.309 e. The lowest BCUT2D eigenvalue weighted by molar-refractivity contribution is -0.146. The number of hydrogen-bond acceptors (Lipinski definition) is 4. The maximum Gasteiger partial charge on any atom is 0.309 e. The van der Waals surface area contributed by atoms with Crippen molar-refractivity contribution in [3.8, 4) is 11.4 Å². The number of para-hydroxylation sites is 2. The van der Waals surface area contributed by atoms with Gasteiger partial charge in [-0.1, -0.05) is 17.3 Å². The molecule has 0 atom stereocenters. The Morgan fingerprint density at radius 1 is 1.37 bits per heavy atom. The molecule has 0 fully saturated rings. The highest BCUT2D eigenvalue weighted by molar-refractivity contribution is 5.74. The van der Waals surface area contributed by atoms with E-state index in [1.54, 1.807) is 38.1 Å². The molecular weight excluding hydrogens is 246 g/mol. The monoisotopic (exact) mass is 261 g/mol. The molecule has 6 nitrogen and oxygen atoms in total. The zero-order chi connectivity index (χ0) is 14.0. The van der Waals surface area contributed by atoms with Crippen molar-refractivity contribution >= 4 is 5.97 Å². The zero-order valence-corrected chi connectivity index (χ0v) is 10.7. The number of phenolic OH excluding ortho intramolecular Hbond substituents is 1. The number of carboxylic acid groups (broad SMARTS) is 1. The molecule has 1 aromatic heterocycles. The van der Waals surface area contributed by atoms with Crippen molar-refractivity contribution in [3.63, 3.8) is 0 Å². The summed E-state index contributed by atoms with van der Waals surface area (Å²) < 4.78 is 1.46. The molecule has 2 rings (SSSR count). The van der Waals surface area contributed by atoms with Gasteiger partial charge in [-0.3, -0.25) is 4.79 Å². The van der Waals surface area contributed by atoms with E-state index in [9.17, 15) is 9.90 Å². The van der Waals surface area contributed by atoms with E-state index in [2.05, 4.69) is 10.3 Å². The minimum atomic E-state index is -0.927. The van der Waals surface area contributed by atoms with Crippen LogP contribution in [0.5, 0.6) is 5.75 Å². The number of aromatic nitrogens is 3. The van der Waals surface area contributed by atoms with Crippen molar-refractivity contribution in [1.29, 1.82) is 0 Å². The molecule has 6 heteroatoms. The molecular formula is C13H15N3O3. The number of rotatable bonds is 4. The van der Waals surface area contributed by atoms with E-state index < -0.39 is 11.4 Å². The Balaban J connectivity index is 2.39. The Morgan fingerprint density at radius 2 is 2.05 bits per heavy atom. The summed E-state index contributed by atoms with van der Waals surface area (Å²) in [6.45, 7) is 3.27. The van der Waals surface area contributed by atoms with Crippen LogP contribution in [0.25, 0.3) is 5.69 Å². The van der Waals surface area contributed by atoms with Crippen LogP contribution in [0.15, 0.2) is 30.5 Å². The van der Waals surface area contributed by atoms with Gasteiger partial charge in [-0.2, -0.15) is 0 Å². The van der Waals surface area contributed by atoms with Crippen molar-refractivity contribution in [1.82, 2.24) is 15.0 Å². The minimum absolute atomic E-state index is 0.0716. The topological polar surface area (TPSA) is 88.2 Å². The second-order valence-corrected chi connectivity index (χ2v) is 4.99. The molecule has 0 aliphatic rings. The second kappa shape index (κ2) is 4.72. The molecule has 19 heavy (non-hydrogen) atoms. The molecule has 1 heterocycles. The molecule has 0 spiro atoms. The van der Waals surface area contributed by atoms with Gasteiger partial charge in [0.25, 0.3) is 0 Å². The summed E-state index contributed by atoms with van der Waals surface area (Å²) >= 11 is 0. The lowest BCUT2D eigenvalue weighted by atomic mass is 9.88. The summed E-state index contributed by atoms with van der Waals surface area (Å²) in [5, 5.41) is 26.7. The molecule has 0 aliphatic heterocycles. The van der Waals surface area contributed by atoms with Crippen LogP contribution < -0.4 is 0 Å². The van der Waals surface area contributed by atoms with Gasteiger partial charge in [0.15, 0.2) is 0 Å². The first-order valence-electron chi connectivity index (χ1n) is 5.83. The largest absolute Gasteiger partial charge is 0.506 e. The maximum absolute atomic E-state index is 11.2. The molecule has 0 saturated heterocycles. The van der Waals surface area contributed by atoms with Gasteiger partial charge >= 0.3 is 5.97 Å². The van der Waals surface area contributed by atoms with Crippen molar-refractivity contribution in [2.45, 2.75) is 20.3 Å². The van der Waals surface area contributed by atoms with Gasteiger partial charge in [0.2, 0.25) is 0 Å². The molecule has 1 aromatic carbocycles. The molecule has 2 aromatic rings. The van der Waals surface area contributed by atoms with Crippen molar-refractivity contribution in [2.75, 3.05) is 0 Å². The van der Waals surface area contributed by atoms with Gasteiger partial charge in [0.1, 0.15) is 11.4 Å². The summed E-state index contributed by atoms with van der Waals surface area (Å²) in [5.41, 5.74) is 0.189. The van der Waals surface area contributed by atoms with E-state index in [-0.39, 0.29) is 12.2 Å². The number of aromatic hydroxyl groups is 1. The number of nitrogens with zero attached hydrogens (tertiary/aromatic N) is 3. The molecule has 0 aliphatic carbocycles. The first-order valence-corrected chi connectivity index (χ1v) is 5.83. The highest BCUT2D eigenvalue weighted by Gasteiger charge is 2.29. The van der Waals surface area contributed by atoms with E-state index in [1.165, 1.54) is 10.9 Å². The Bertz CT molecular complexity index is 605. The third-order valence-electron chi connectivity index (χ3n) is 2.93. The molecule has 0 bridgehead atoms. The highest BCUT2D eigenvalue weighted by atomic mass is 16.4. The highest BCUT2D eigenvalue weighted by Crippen LogP contribution is 2.26. The predicted octanol–water partition coefficient (Wildman–Crippen LogP) is 1.63. The molecule has 0 unspecified atom stereocenters. The fourth-order valence-corrected chi connectivity index (χ4v) is 1.75. The van der Waals surface area contributed by atoms with Crippen molar-refractivity contribution in [3.05, 3.63) is 36.2 Å². The summed E-state index contributed by atoms with van der Waals surface area (Å²) in [6, 6.07) is 6.71. The average molecular weight is 261 g/mol. The minimum Gasteiger partial charge on any atom is -0.506 e. The molecule has 0 radical (unpaired) electrons. The van der Waals surface area contributed by atoms with Gasteiger partial charge in [-0.25, -0.2) is 4.68 Å². The average Bonchev–Trinajstić information content (AvgIpc) is 2.77. The second-order valence-electron chi connectivity index (χ2n) is 4.99. The molecule has 100 valence electrons. The van der Waals surface area contributed by atoms with Crippen LogP contribution in [0.2, 0.25) is 0 Å². The van der Waals surface area contributed by atoms with Crippen LogP contribution in [-0.2, 0) is 11.2 Å². The van der Waals surface area contributed by atoms with Crippen molar-refractivity contribution in [2.24, 2.45) is 5.41 Å². The van der Waals surface area contributed by atoms with Crippen LogP contribution in [-0.4, -0.2) is 31.2 Å². The number of carbonyl (C=O) groups is 1. The summed E-state index contributed by atoms with van der Waals surface area (Å²) in [6.07, 6.45) is 1.78. The van der Waals surface area contributed by atoms with E-state index in [0.29, 0.717) is 11.4 Å². The number of benzene rings is 1. The predicted molar refractivity (Wildman–Crippen MR) is 68.1 cm³/mol. The molecule has 0 amide bonds. The summed E-state index contributed by atoms with van der Waals surface area (Å²) in [5.74, 6) is -0.820. The van der Waals surface area contributed by atoms with Gasteiger partial charge < -0.3 is 10.2 Å². The Kier molecular flexibility index (Phi) is 3.25. The first kappa shape index (κ1) is 13.1. The van der Waals surface area contributed by atoms with Crippen LogP contribution >= 0.6 is 0 Å². The van der Waals surface area contributed by atoms with Gasteiger partial charge in [-0.05, 0) is 26.0 Å². The SMILES string of the molecule is CC(C)(Cc1cnnn1-c1ccccc1O)C(=O)O. The summed E-state index contributed by atoms with van der Waals surface area (Å²) in [4.78, 5) is 11.2. The van der Waals surface area contributed by atoms with Crippen LogP contribution in [0.4, 0.5) is 0 Å². The van der Waals surface area contributed by atoms with E-state index in [4.69, 9.17) is 5.11 Å². The van der Waals surface area contributed by atoms with Crippen LogP contribution in [0.3, 0.4) is 0 Å². The van der Waals surface area contributed by atoms with Crippen LogP contribution in [0.1, 0.15) is 19.5 Å². The molecule has 2 N–H and O–H groups in total. The number of aliphatic carboxylic acids is 1. The van der Waals surface area contributed by atoms with Gasteiger partial charge in [0.05, 0.1) is 17.3 Å². The fourth-order valence-electron chi connectivity index (χ4n) is 1.75. The Labute approximate surface area is 110 Å². The lowest BCUT2D eigenvalue weighted by Gasteiger charge is -2.19. The Hall–Kier alpha value is -2.37. The third kappa shape index (κ3) is 2.57. The quantitative estimate of drug-likeness (QED) is 0.873. The van der Waals surface area contributed by atoms with E-state index in [0.717, 1.165) is 0 Å².